The van der Waals surface area contributed by atoms with Crippen molar-refractivity contribution in [1.29, 1.82) is 0 Å². The van der Waals surface area contributed by atoms with Crippen molar-refractivity contribution in [2.75, 3.05) is 18.0 Å². The summed E-state index contributed by atoms with van der Waals surface area (Å²) in [5.74, 6) is -0.798. The van der Waals surface area contributed by atoms with Crippen LogP contribution in [0.25, 0.3) is 0 Å². The second-order valence-electron chi connectivity index (χ2n) is 3.19. The highest BCUT2D eigenvalue weighted by Crippen LogP contribution is 2.27. The molecule has 15 heavy (non-hydrogen) atoms. The average Bonchev–Trinajstić information content (AvgIpc) is 2.67. The van der Waals surface area contributed by atoms with E-state index in [0.29, 0.717) is 12.2 Å². The maximum absolute atomic E-state index is 12.5. The Morgan fingerprint density at radius 3 is 2.40 bits per heavy atom. The molecule has 2 rings (SSSR count). The molecule has 1 aliphatic heterocycles. The van der Waals surface area contributed by atoms with Crippen LogP contribution >= 0.6 is 0 Å². The van der Waals surface area contributed by atoms with Gasteiger partial charge in [-0.3, -0.25) is 4.99 Å². The zero-order chi connectivity index (χ0) is 10.9. The largest absolute Gasteiger partial charge is 0.449 e. The van der Waals surface area contributed by atoms with Gasteiger partial charge < -0.3 is 4.90 Å². The van der Waals surface area contributed by atoms with Gasteiger partial charge in [-0.1, -0.05) is 18.2 Å². The molecular weight excluding hydrogens is 205 g/mol. The van der Waals surface area contributed by atoms with Crippen LogP contribution in [0.4, 0.5) is 18.9 Å². The highest BCUT2D eigenvalue weighted by Gasteiger charge is 2.42. The smallest absolute Gasteiger partial charge is 0.321 e. The van der Waals surface area contributed by atoms with Crippen LogP contribution < -0.4 is 4.90 Å². The van der Waals surface area contributed by atoms with Gasteiger partial charge in [-0.15, -0.1) is 0 Å². The van der Waals surface area contributed by atoms with Gasteiger partial charge in [-0.05, 0) is 12.1 Å². The number of para-hydroxylation sites is 1. The summed E-state index contributed by atoms with van der Waals surface area (Å²) in [4.78, 5) is 4.68. The fourth-order valence-electron chi connectivity index (χ4n) is 1.55. The molecule has 2 nitrogen and oxygen atoms in total. The van der Waals surface area contributed by atoms with E-state index in [9.17, 15) is 13.2 Å². The molecule has 0 aromatic heterocycles. The molecule has 1 aliphatic rings. The predicted octanol–water partition coefficient (Wildman–Crippen LogP) is 2.47. The summed E-state index contributed by atoms with van der Waals surface area (Å²) >= 11 is 0. The molecule has 0 fully saturated rings. The second kappa shape index (κ2) is 3.56. The SMILES string of the molecule is FC(F)(F)C1=NCCN1c1ccccc1. The van der Waals surface area contributed by atoms with Crippen molar-refractivity contribution in [3.63, 3.8) is 0 Å². The normalized spacial score (nSPS) is 16.7. The van der Waals surface area contributed by atoms with Gasteiger partial charge in [-0.25, -0.2) is 0 Å². The number of nitrogens with zero attached hydrogens (tertiary/aromatic N) is 2. The third kappa shape index (κ3) is 1.95. The topological polar surface area (TPSA) is 15.6 Å². The fraction of sp³-hybridized carbons (Fsp3) is 0.300. The average molecular weight is 214 g/mol. The molecule has 0 N–H and O–H groups in total. The van der Waals surface area contributed by atoms with E-state index in [1.807, 2.05) is 0 Å². The van der Waals surface area contributed by atoms with Gasteiger partial charge in [0.25, 0.3) is 0 Å². The zero-order valence-corrected chi connectivity index (χ0v) is 7.83. The van der Waals surface area contributed by atoms with Crippen LogP contribution in [-0.4, -0.2) is 25.1 Å². The lowest BCUT2D eigenvalue weighted by Crippen LogP contribution is -2.38. The monoisotopic (exact) mass is 214 g/mol. The second-order valence-corrected chi connectivity index (χ2v) is 3.19. The summed E-state index contributed by atoms with van der Waals surface area (Å²) in [5.41, 5.74) is 0.533. The van der Waals surface area contributed by atoms with Crippen LogP contribution in [-0.2, 0) is 0 Å². The number of amidine groups is 1. The standard InChI is InChI=1S/C10H9F3N2/c11-10(12,13)9-14-6-7-15(9)8-4-2-1-3-5-8/h1-5H,6-7H2. The molecule has 1 heterocycles. The molecule has 1 aromatic carbocycles. The number of rotatable bonds is 1. The van der Waals surface area contributed by atoms with Gasteiger partial charge in [0.15, 0.2) is 0 Å². The summed E-state index contributed by atoms with van der Waals surface area (Å²) in [6, 6.07) is 8.48. The van der Waals surface area contributed by atoms with E-state index < -0.39 is 12.0 Å². The van der Waals surface area contributed by atoms with Crippen LogP contribution in [0.3, 0.4) is 0 Å². The molecule has 0 atom stereocenters. The summed E-state index contributed by atoms with van der Waals surface area (Å²) < 4.78 is 37.6. The highest BCUT2D eigenvalue weighted by molar-refractivity contribution is 6.03. The first-order valence-corrected chi connectivity index (χ1v) is 4.53. The molecule has 80 valence electrons. The van der Waals surface area contributed by atoms with E-state index in [2.05, 4.69) is 4.99 Å². The Bertz CT molecular complexity index is 370. The van der Waals surface area contributed by atoms with E-state index in [1.165, 1.54) is 4.90 Å². The van der Waals surface area contributed by atoms with Gasteiger partial charge in [0.1, 0.15) is 0 Å². The molecule has 0 unspecified atom stereocenters. The highest BCUT2D eigenvalue weighted by atomic mass is 19.4. The van der Waals surface area contributed by atoms with Crippen molar-refractivity contribution >= 4 is 11.5 Å². The Hall–Kier alpha value is -1.52. The molecule has 0 spiro atoms. The Morgan fingerprint density at radius 2 is 1.80 bits per heavy atom. The van der Waals surface area contributed by atoms with Gasteiger partial charge in [0, 0.05) is 12.2 Å². The number of aliphatic imine (C=N–C) groups is 1. The first-order valence-electron chi connectivity index (χ1n) is 4.53. The molecule has 0 radical (unpaired) electrons. The van der Waals surface area contributed by atoms with Gasteiger partial charge in [-0.2, -0.15) is 13.2 Å². The molecule has 0 saturated heterocycles. The van der Waals surface area contributed by atoms with E-state index in [4.69, 9.17) is 0 Å². The number of hydrogen-bond acceptors (Lipinski definition) is 2. The zero-order valence-electron chi connectivity index (χ0n) is 7.83. The summed E-state index contributed by atoms with van der Waals surface area (Å²) in [5, 5.41) is 0. The number of benzene rings is 1. The lowest BCUT2D eigenvalue weighted by molar-refractivity contribution is -0.0596. The minimum Gasteiger partial charge on any atom is -0.321 e. The summed E-state index contributed by atoms with van der Waals surface area (Å²) in [6.45, 7) is 0.489. The first-order chi connectivity index (χ1) is 7.09. The van der Waals surface area contributed by atoms with Crippen molar-refractivity contribution in [3.8, 4) is 0 Å². The molecule has 5 heteroatoms. The van der Waals surface area contributed by atoms with Crippen molar-refractivity contribution < 1.29 is 13.2 Å². The van der Waals surface area contributed by atoms with Crippen molar-refractivity contribution in [1.82, 2.24) is 0 Å². The third-order valence-electron chi connectivity index (χ3n) is 2.16. The van der Waals surface area contributed by atoms with Gasteiger partial charge in [0.05, 0.1) is 6.54 Å². The number of hydrogen-bond donors (Lipinski definition) is 0. The quantitative estimate of drug-likeness (QED) is 0.701. The van der Waals surface area contributed by atoms with E-state index >= 15 is 0 Å². The lowest BCUT2D eigenvalue weighted by atomic mass is 10.3. The molecule has 0 saturated carbocycles. The summed E-state index contributed by atoms with van der Waals surface area (Å²) in [6.07, 6.45) is -4.37. The van der Waals surface area contributed by atoms with Crippen LogP contribution in [0, 0.1) is 0 Å². The van der Waals surface area contributed by atoms with Crippen molar-refractivity contribution in [3.05, 3.63) is 30.3 Å². The minimum atomic E-state index is -4.37. The summed E-state index contributed by atoms with van der Waals surface area (Å²) in [7, 11) is 0. The van der Waals surface area contributed by atoms with Crippen LogP contribution in [0.2, 0.25) is 0 Å². The van der Waals surface area contributed by atoms with E-state index in [0.717, 1.165) is 0 Å². The first kappa shape index (κ1) is 10.0. The maximum Gasteiger partial charge on any atom is 0.449 e. The molecule has 1 aromatic rings. The van der Waals surface area contributed by atoms with Crippen molar-refractivity contribution in [2.24, 2.45) is 4.99 Å². The minimum absolute atomic E-state index is 0.198. The molecule has 0 bridgehead atoms. The number of anilines is 1. The van der Waals surface area contributed by atoms with E-state index in [1.54, 1.807) is 30.3 Å². The molecular formula is C10H9F3N2. The van der Waals surface area contributed by atoms with Gasteiger partial charge in [0.2, 0.25) is 5.84 Å². The van der Waals surface area contributed by atoms with Gasteiger partial charge >= 0.3 is 6.18 Å². The Morgan fingerprint density at radius 1 is 1.13 bits per heavy atom. The van der Waals surface area contributed by atoms with Crippen LogP contribution in [0.15, 0.2) is 35.3 Å². The molecule has 0 amide bonds. The van der Waals surface area contributed by atoms with Crippen LogP contribution in [0.1, 0.15) is 0 Å². The Balaban J connectivity index is 2.29. The van der Waals surface area contributed by atoms with E-state index in [-0.39, 0.29) is 6.54 Å². The number of halogens is 3. The molecule has 0 aliphatic carbocycles. The predicted molar refractivity (Wildman–Crippen MR) is 52.1 cm³/mol. The fourth-order valence-corrected chi connectivity index (χ4v) is 1.55. The Labute approximate surface area is 85.0 Å². The Kier molecular flexibility index (Phi) is 2.38. The lowest BCUT2D eigenvalue weighted by Gasteiger charge is -2.21. The number of alkyl halides is 3. The van der Waals surface area contributed by atoms with Crippen LogP contribution in [0.5, 0.6) is 0 Å². The van der Waals surface area contributed by atoms with Crippen molar-refractivity contribution in [2.45, 2.75) is 6.18 Å². The maximum atomic E-state index is 12.5. The third-order valence-corrected chi connectivity index (χ3v) is 2.16.